The van der Waals surface area contributed by atoms with Crippen LogP contribution in [-0.4, -0.2) is 19.2 Å². The molecule has 0 radical (unpaired) electrons. The Balaban J connectivity index is 3.06. The highest BCUT2D eigenvalue weighted by Gasteiger charge is 2.00. The molecule has 0 rings (SSSR count). The number of nitrogens with two attached hydrogens (primary N) is 1. The highest BCUT2D eigenvalue weighted by molar-refractivity contribution is 5.69. The van der Waals surface area contributed by atoms with Gasteiger partial charge in [0.05, 0.1) is 13.0 Å². The molecule has 0 aliphatic carbocycles. The second kappa shape index (κ2) is 9.18. The van der Waals surface area contributed by atoms with Gasteiger partial charge in [0, 0.05) is 6.61 Å². The molecule has 0 aliphatic heterocycles. The van der Waals surface area contributed by atoms with Crippen LogP contribution in [0.15, 0.2) is 12.7 Å². The molecule has 5 nitrogen and oxygen atoms in total. The number of nitrogens with one attached hydrogen (secondary N) is 1. The molecule has 0 aromatic carbocycles. The summed E-state index contributed by atoms with van der Waals surface area (Å²) in [6.45, 7) is 4.57. The normalized spacial score (nSPS) is 9.62. The number of carbonyl (C=O) groups is 1. The number of hydrazine groups is 1. The second-order valence-corrected chi connectivity index (χ2v) is 2.39. The van der Waals surface area contributed by atoms with E-state index in [2.05, 4.69) is 11.4 Å². The Hall–Kier alpha value is -0.910. The first-order valence-electron chi connectivity index (χ1n) is 4.15. The predicted molar refractivity (Wildman–Crippen MR) is 48.3 cm³/mol. The molecule has 0 saturated carbocycles. The van der Waals surface area contributed by atoms with Crippen LogP contribution < -0.4 is 11.4 Å². The molecule has 0 spiro atoms. The van der Waals surface area contributed by atoms with Crippen LogP contribution in [0.25, 0.3) is 0 Å². The van der Waals surface area contributed by atoms with E-state index in [1.165, 1.54) is 0 Å². The van der Waals surface area contributed by atoms with Crippen LogP contribution in [0.1, 0.15) is 19.3 Å². The number of carbonyl (C=O) groups excluding carboxylic acids is 1. The lowest BCUT2D eigenvalue weighted by Gasteiger charge is -2.02. The molecule has 0 aromatic heterocycles. The molecule has 0 aromatic rings. The fourth-order valence-corrected chi connectivity index (χ4v) is 0.704. The minimum atomic E-state index is -0.425. The van der Waals surface area contributed by atoms with E-state index in [1.54, 1.807) is 0 Å². The van der Waals surface area contributed by atoms with E-state index in [-0.39, 0.29) is 6.42 Å². The van der Waals surface area contributed by atoms with Gasteiger partial charge in [-0.15, -0.1) is 6.58 Å². The molecule has 0 bridgehead atoms. The maximum absolute atomic E-state index is 10.7. The Morgan fingerprint density at radius 3 is 2.92 bits per heavy atom. The van der Waals surface area contributed by atoms with Crippen LogP contribution in [0.4, 0.5) is 0 Å². The maximum atomic E-state index is 10.7. The summed E-state index contributed by atoms with van der Waals surface area (Å²) in [5.41, 5.74) is 1.81. The summed E-state index contributed by atoms with van der Waals surface area (Å²) in [5, 5.41) is 0. The summed E-state index contributed by atoms with van der Waals surface area (Å²) < 4.78 is 5.14. The summed E-state index contributed by atoms with van der Waals surface area (Å²) in [4.78, 5) is 14.9. The zero-order chi connectivity index (χ0) is 9.94. The molecular formula is C8H16N2O3. The molecule has 0 amide bonds. The SMILES string of the molecule is C=CCCCOCCC(=O)ONN. The molecule has 0 atom stereocenters. The molecular weight excluding hydrogens is 172 g/mol. The van der Waals surface area contributed by atoms with Gasteiger partial charge in [0.2, 0.25) is 0 Å². The largest absolute Gasteiger partial charge is 0.381 e. The Morgan fingerprint density at radius 1 is 1.54 bits per heavy atom. The molecule has 0 aliphatic rings. The highest BCUT2D eigenvalue weighted by Crippen LogP contribution is 1.92. The van der Waals surface area contributed by atoms with Gasteiger partial charge in [-0.1, -0.05) is 11.7 Å². The van der Waals surface area contributed by atoms with Crippen molar-refractivity contribution in [3.8, 4) is 0 Å². The predicted octanol–water partition coefficient (Wildman–Crippen LogP) is 0.281. The van der Waals surface area contributed by atoms with E-state index < -0.39 is 5.97 Å². The lowest BCUT2D eigenvalue weighted by Crippen LogP contribution is -2.26. The number of hydrogen-bond donors (Lipinski definition) is 2. The lowest BCUT2D eigenvalue weighted by atomic mass is 10.3. The molecule has 5 heteroatoms. The third kappa shape index (κ3) is 9.00. The number of rotatable bonds is 8. The van der Waals surface area contributed by atoms with E-state index in [0.29, 0.717) is 13.2 Å². The van der Waals surface area contributed by atoms with E-state index in [1.807, 2.05) is 11.7 Å². The standard InChI is InChI=1S/C8H16N2O3/c1-2-3-4-6-12-7-5-8(11)13-10-9/h2,10H,1,3-7,9H2. The molecule has 0 saturated heterocycles. The van der Waals surface area contributed by atoms with Gasteiger partial charge in [-0.2, -0.15) is 0 Å². The minimum absolute atomic E-state index is 0.207. The van der Waals surface area contributed by atoms with Gasteiger partial charge in [-0.3, -0.25) is 4.79 Å². The van der Waals surface area contributed by atoms with Gasteiger partial charge >= 0.3 is 5.97 Å². The first kappa shape index (κ1) is 12.1. The average molecular weight is 188 g/mol. The van der Waals surface area contributed by atoms with Gasteiger partial charge in [-0.05, 0) is 12.8 Å². The molecule has 76 valence electrons. The summed E-state index contributed by atoms with van der Waals surface area (Å²) in [5.74, 6) is 4.33. The molecule has 0 heterocycles. The molecule has 13 heavy (non-hydrogen) atoms. The quantitative estimate of drug-likeness (QED) is 0.248. The summed E-state index contributed by atoms with van der Waals surface area (Å²) in [6, 6.07) is 0. The van der Waals surface area contributed by atoms with Gasteiger partial charge in [0.25, 0.3) is 0 Å². The van der Waals surface area contributed by atoms with Crippen LogP contribution in [0, 0.1) is 0 Å². The van der Waals surface area contributed by atoms with Crippen molar-refractivity contribution in [2.24, 2.45) is 5.84 Å². The number of ether oxygens (including phenoxy) is 1. The molecule has 0 fully saturated rings. The molecule has 3 N–H and O–H groups in total. The Labute approximate surface area is 77.8 Å². The number of allylic oxidation sites excluding steroid dienone is 1. The summed E-state index contributed by atoms with van der Waals surface area (Å²) in [7, 11) is 0. The van der Waals surface area contributed by atoms with Gasteiger partial charge < -0.3 is 9.57 Å². The highest BCUT2D eigenvalue weighted by atomic mass is 16.7. The fourth-order valence-electron chi connectivity index (χ4n) is 0.704. The second-order valence-electron chi connectivity index (χ2n) is 2.39. The first-order chi connectivity index (χ1) is 6.31. The summed E-state index contributed by atoms with van der Waals surface area (Å²) >= 11 is 0. The van der Waals surface area contributed by atoms with Crippen molar-refractivity contribution >= 4 is 5.97 Å². The molecule has 0 unspecified atom stereocenters. The van der Waals surface area contributed by atoms with Gasteiger partial charge in [0.1, 0.15) is 0 Å². The topological polar surface area (TPSA) is 73.6 Å². The van der Waals surface area contributed by atoms with E-state index >= 15 is 0 Å². The van der Waals surface area contributed by atoms with E-state index in [9.17, 15) is 4.79 Å². The smallest absolute Gasteiger partial charge is 0.328 e. The Bertz CT molecular complexity index is 150. The maximum Gasteiger partial charge on any atom is 0.328 e. The number of hydrogen-bond acceptors (Lipinski definition) is 5. The third-order valence-corrected chi connectivity index (χ3v) is 1.32. The van der Waals surface area contributed by atoms with E-state index in [0.717, 1.165) is 12.8 Å². The van der Waals surface area contributed by atoms with Crippen molar-refractivity contribution in [3.63, 3.8) is 0 Å². The van der Waals surface area contributed by atoms with Gasteiger partial charge in [-0.25, -0.2) is 5.84 Å². The van der Waals surface area contributed by atoms with Crippen molar-refractivity contribution in [1.29, 1.82) is 0 Å². The minimum Gasteiger partial charge on any atom is -0.381 e. The average Bonchev–Trinajstić information content (AvgIpc) is 2.11. The first-order valence-corrected chi connectivity index (χ1v) is 4.15. The van der Waals surface area contributed by atoms with Crippen LogP contribution in [0.5, 0.6) is 0 Å². The monoisotopic (exact) mass is 188 g/mol. The Kier molecular flexibility index (Phi) is 8.54. The fraction of sp³-hybridized carbons (Fsp3) is 0.625. The van der Waals surface area contributed by atoms with Crippen LogP contribution in [-0.2, 0) is 14.4 Å². The van der Waals surface area contributed by atoms with Crippen LogP contribution in [0.2, 0.25) is 0 Å². The third-order valence-electron chi connectivity index (χ3n) is 1.32. The Morgan fingerprint density at radius 2 is 2.31 bits per heavy atom. The van der Waals surface area contributed by atoms with Crippen LogP contribution in [0.3, 0.4) is 0 Å². The lowest BCUT2D eigenvalue weighted by molar-refractivity contribution is -0.152. The van der Waals surface area contributed by atoms with E-state index in [4.69, 9.17) is 10.6 Å². The van der Waals surface area contributed by atoms with Crippen molar-refractivity contribution in [1.82, 2.24) is 5.59 Å². The van der Waals surface area contributed by atoms with Crippen molar-refractivity contribution in [3.05, 3.63) is 12.7 Å². The van der Waals surface area contributed by atoms with Crippen molar-refractivity contribution in [2.75, 3.05) is 13.2 Å². The van der Waals surface area contributed by atoms with Crippen molar-refractivity contribution in [2.45, 2.75) is 19.3 Å². The van der Waals surface area contributed by atoms with Crippen molar-refractivity contribution < 1.29 is 14.4 Å². The van der Waals surface area contributed by atoms with Gasteiger partial charge in [0.15, 0.2) is 0 Å². The summed E-state index contributed by atoms with van der Waals surface area (Å²) in [6.07, 6.45) is 3.89. The zero-order valence-corrected chi connectivity index (χ0v) is 7.62. The number of unbranched alkanes of at least 4 members (excludes halogenated alkanes) is 1. The van der Waals surface area contributed by atoms with Crippen LogP contribution >= 0.6 is 0 Å². The zero-order valence-electron chi connectivity index (χ0n) is 7.62.